The van der Waals surface area contributed by atoms with Crippen LogP contribution in [0.4, 0.5) is 8.78 Å². The van der Waals surface area contributed by atoms with E-state index in [1.807, 2.05) is 18.5 Å². The Morgan fingerprint density at radius 3 is 2.83 bits per heavy atom. The average Bonchev–Trinajstić information content (AvgIpc) is 3.32. The number of likely N-dealkylation sites (N-methyl/N-ethyl adjacent to an activating group) is 1. The lowest BCUT2D eigenvalue weighted by Crippen LogP contribution is -2.45. The number of nitrogens with zero attached hydrogens (tertiary/aromatic N) is 5. The molecule has 0 spiro atoms. The van der Waals surface area contributed by atoms with Crippen LogP contribution in [0.5, 0.6) is 0 Å². The number of hydrogen-bond donors (Lipinski definition) is 2. The van der Waals surface area contributed by atoms with E-state index in [2.05, 4.69) is 37.6 Å². The molecule has 1 aromatic carbocycles. The summed E-state index contributed by atoms with van der Waals surface area (Å²) in [6, 6.07) is 4.00. The summed E-state index contributed by atoms with van der Waals surface area (Å²) in [5.41, 5.74) is 0.346. The van der Waals surface area contributed by atoms with Gasteiger partial charge in [-0.3, -0.25) is 4.90 Å². The van der Waals surface area contributed by atoms with Gasteiger partial charge in [-0.05, 0) is 63.0 Å². The molecule has 164 valence electrons. The highest BCUT2D eigenvalue weighted by Crippen LogP contribution is 2.15. The van der Waals surface area contributed by atoms with Gasteiger partial charge in [0.25, 0.3) is 0 Å². The maximum absolute atomic E-state index is 13.9. The van der Waals surface area contributed by atoms with Gasteiger partial charge in [0.2, 0.25) is 0 Å². The molecule has 1 saturated heterocycles. The van der Waals surface area contributed by atoms with Gasteiger partial charge in [-0.2, -0.15) is 0 Å². The quantitative estimate of drug-likeness (QED) is 0.507. The van der Waals surface area contributed by atoms with E-state index in [4.69, 9.17) is 0 Å². The van der Waals surface area contributed by atoms with Gasteiger partial charge < -0.3 is 15.2 Å². The first-order valence-corrected chi connectivity index (χ1v) is 10.5. The van der Waals surface area contributed by atoms with Crippen LogP contribution < -0.4 is 10.6 Å². The van der Waals surface area contributed by atoms with Crippen LogP contribution in [0.2, 0.25) is 0 Å². The fourth-order valence-electron chi connectivity index (χ4n) is 3.72. The van der Waals surface area contributed by atoms with E-state index in [0.29, 0.717) is 37.1 Å². The first-order chi connectivity index (χ1) is 14.5. The number of aliphatic imine (C=N–C) groups is 1. The summed E-state index contributed by atoms with van der Waals surface area (Å²) < 4.78 is 29.2. The van der Waals surface area contributed by atoms with Crippen molar-refractivity contribution in [3.8, 4) is 0 Å². The van der Waals surface area contributed by atoms with E-state index in [9.17, 15) is 8.78 Å². The molecule has 1 aromatic heterocycles. The largest absolute Gasteiger partial charge is 0.356 e. The van der Waals surface area contributed by atoms with E-state index in [-0.39, 0.29) is 0 Å². The zero-order chi connectivity index (χ0) is 21.5. The minimum atomic E-state index is -0.433. The van der Waals surface area contributed by atoms with Gasteiger partial charge in [0, 0.05) is 26.2 Å². The zero-order valence-corrected chi connectivity index (χ0v) is 18.0. The topological polar surface area (TPSA) is 70.4 Å². The Labute approximate surface area is 176 Å². The number of likely N-dealkylation sites (tertiary alicyclic amines) is 1. The second-order valence-electron chi connectivity index (χ2n) is 7.61. The highest BCUT2D eigenvalue weighted by atomic mass is 19.1. The van der Waals surface area contributed by atoms with Gasteiger partial charge >= 0.3 is 0 Å². The standard InChI is InChI=1S/C21H31F2N7/c1-4-30-11-5-6-18(30)13-25-21(26-14-20-28-27-15(2)29(20)3)24-10-9-16-12-17(22)7-8-19(16)23/h7-8,12,18H,4-6,9-11,13-14H2,1-3H3,(H2,24,25,26). The van der Waals surface area contributed by atoms with Crippen LogP contribution >= 0.6 is 0 Å². The maximum Gasteiger partial charge on any atom is 0.191 e. The summed E-state index contributed by atoms with van der Waals surface area (Å²) in [4.78, 5) is 7.09. The van der Waals surface area contributed by atoms with Crippen molar-refractivity contribution in [3.05, 3.63) is 47.0 Å². The minimum Gasteiger partial charge on any atom is -0.356 e. The van der Waals surface area contributed by atoms with Crippen LogP contribution in [0.1, 0.15) is 37.0 Å². The number of aryl methyl sites for hydroxylation is 1. The fourth-order valence-corrected chi connectivity index (χ4v) is 3.72. The van der Waals surface area contributed by atoms with Crippen molar-refractivity contribution in [2.45, 2.75) is 45.7 Å². The predicted octanol–water partition coefficient (Wildman–Crippen LogP) is 2.16. The molecule has 1 fully saturated rings. The van der Waals surface area contributed by atoms with Gasteiger partial charge in [0.1, 0.15) is 24.0 Å². The second kappa shape index (κ2) is 10.5. The summed E-state index contributed by atoms with van der Waals surface area (Å²) >= 11 is 0. The molecule has 30 heavy (non-hydrogen) atoms. The normalized spacial score (nSPS) is 17.5. The molecule has 1 aliphatic heterocycles. The smallest absolute Gasteiger partial charge is 0.191 e. The average molecular weight is 420 g/mol. The van der Waals surface area contributed by atoms with E-state index < -0.39 is 11.6 Å². The van der Waals surface area contributed by atoms with Gasteiger partial charge in [0.05, 0.1) is 0 Å². The van der Waals surface area contributed by atoms with E-state index >= 15 is 0 Å². The van der Waals surface area contributed by atoms with Crippen molar-refractivity contribution >= 4 is 5.96 Å². The Hall–Kier alpha value is -2.55. The molecule has 1 atom stereocenters. The molecule has 3 rings (SSSR count). The van der Waals surface area contributed by atoms with Crippen molar-refractivity contribution in [1.29, 1.82) is 0 Å². The molecule has 0 radical (unpaired) electrons. The lowest BCUT2D eigenvalue weighted by Gasteiger charge is -2.24. The molecule has 0 aliphatic carbocycles. The molecule has 2 heterocycles. The van der Waals surface area contributed by atoms with E-state index in [1.54, 1.807) is 0 Å². The third-order valence-corrected chi connectivity index (χ3v) is 5.67. The number of guanidine groups is 1. The van der Waals surface area contributed by atoms with E-state index in [1.165, 1.54) is 12.5 Å². The molecule has 9 heteroatoms. The summed E-state index contributed by atoms with van der Waals surface area (Å²) in [7, 11) is 1.91. The van der Waals surface area contributed by atoms with Gasteiger partial charge in [-0.1, -0.05) is 6.92 Å². The minimum absolute atomic E-state index is 0.346. The molecule has 2 N–H and O–H groups in total. The number of rotatable bonds is 8. The maximum atomic E-state index is 13.9. The molecule has 0 amide bonds. The highest BCUT2D eigenvalue weighted by Gasteiger charge is 2.22. The van der Waals surface area contributed by atoms with Crippen LogP contribution in [-0.4, -0.2) is 57.8 Å². The number of halogens is 2. The lowest BCUT2D eigenvalue weighted by molar-refractivity contribution is 0.267. The SMILES string of the molecule is CCN1CCCC1CNC(=NCc1nnc(C)n1C)NCCc1cc(F)ccc1F. The van der Waals surface area contributed by atoms with Crippen molar-refractivity contribution in [2.75, 3.05) is 26.2 Å². The molecule has 7 nitrogen and oxygen atoms in total. The Bertz CT molecular complexity index is 865. The van der Waals surface area contributed by atoms with Crippen molar-refractivity contribution in [1.82, 2.24) is 30.3 Å². The molecular weight excluding hydrogens is 388 g/mol. The number of aromatic nitrogens is 3. The zero-order valence-electron chi connectivity index (χ0n) is 18.0. The van der Waals surface area contributed by atoms with Crippen molar-refractivity contribution in [2.24, 2.45) is 12.0 Å². The molecule has 2 aromatic rings. The van der Waals surface area contributed by atoms with Gasteiger partial charge in [0.15, 0.2) is 11.8 Å². The summed E-state index contributed by atoms with van der Waals surface area (Å²) in [5.74, 6) is 1.39. The molecular formula is C21H31F2N7. The first kappa shape index (κ1) is 22.1. The van der Waals surface area contributed by atoms with Crippen LogP contribution in [0, 0.1) is 18.6 Å². The Morgan fingerprint density at radius 1 is 1.27 bits per heavy atom. The van der Waals surface area contributed by atoms with Crippen LogP contribution in [0.3, 0.4) is 0 Å². The van der Waals surface area contributed by atoms with Crippen molar-refractivity contribution < 1.29 is 8.78 Å². The van der Waals surface area contributed by atoms with Crippen LogP contribution in [0.25, 0.3) is 0 Å². The monoisotopic (exact) mass is 419 g/mol. The third kappa shape index (κ3) is 5.75. The Kier molecular flexibility index (Phi) is 7.73. The summed E-state index contributed by atoms with van der Waals surface area (Å²) in [6.07, 6.45) is 2.72. The number of benzene rings is 1. The molecule has 0 saturated carbocycles. The van der Waals surface area contributed by atoms with Crippen molar-refractivity contribution in [3.63, 3.8) is 0 Å². The molecule has 1 unspecified atom stereocenters. The summed E-state index contributed by atoms with van der Waals surface area (Å²) in [5, 5.41) is 14.9. The van der Waals surface area contributed by atoms with E-state index in [0.717, 1.165) is 49.8 Å². The molecule has 1 aliphatic rings. The predicted molar refractivity (Wildman–Crippen MR) is 113 cm³/mol. The van der Waals surface area contributed by atoms with Crippen LogP contribution in [-0.2, 0) is 20.0 Å². The van der Waals surface area contributed by atoms with Gasteiger partial charge in [-0.25, -0.2) is 13.8 Å². The Balaban J connectivity index is 1.62. The second-order valence-corrected chi connectivity index (χ2v) is 7.61. The molecule has 0 bridgehead atoms. The number of hydrogen-bond acceptors (Lipinski definition) is 4. The van der Waals surface area contributed by atoms with Crippen LogP contribution in [0.15, 0.2) is 23.2 Å². The number of nitrogens with one attached hydrogen (secondary N) is 2. The Morgan fingerprint density at radius 2 is 2.10 bits per heavy atom. The fraction of sp³-hybridized carbons (Fsp3) is 0.571. The first-order valence-electron chi connectivity index (χ1n) is 10.5. The van der Waals surface area contributed by atoms with Gasteiger partial charge in [-0.15, -0.1) is 10.2 Å². The third-order valence-electron chi connectivity index (χ3n) is 5.67. The lowest BCUT2D eigenvalue weighted by atomic mass is 10.1. The summed E-state index contributed by atoms with van der Waals surface area (Å²) in [6.45, 7) is 7.82. The highest BCUT2D eigenvalue weighted by molar-refractivity contribution is 5.79.